The Kier molecular flexibility index (Phi) is 4.93. The SMILES string of the molecule is C#CCN1CCN(C(=O)C(C)=C(C)C(=O)O)CC1. The summed E-state index contributed by atoms with van der Waals surface area (Å²) in [7, 11) is 0. The van der Waals surface area contributed by atoms with Crippen LogP contribution in [-0.2, 0) is 9.59 Å². The van der Waals surface area contributed by atoms with E-state index in [-0.39, 0.29) is 11.5 Å². The molecule has 5 heteroatoms. The normalized spacial score (nSPS) is 17.9. The van der Waals surface area contributed by atoms with Gasteiger partial charge in [-0.3, -0.25) is 9.69 Å². The van der Waals surface area contributed by atoms with Crippen molar-refractivity contribution in [2.24, 2.45) is 0 Å². The fourth-order valence-electron chi connectivity index (χ4n) is 1.80. The quantitative estimate of drug-likeness (QED) is 0.573. The number of carboxylic acid groups (broad SMARTS) is 1. The molecule has 1 rings (SSSR count). The second kappa shape index (κ2) is 6.22. The third-order valence-corrected chi connectivity index (χ3v) is 3.18. The van der Waals surface area contributed by atoms with Crippen LogP contribution in [0, 0.1) is 12.3 Å². The summed E-state index contributed by atoms with van der Waals surface area (Å²) >= 11 is 0. The van der Waals surface area contributed by atoms with Crippen LogP contribution >= 0.6 is 0 Å². The highest BCUT2D eigenvalue weighted by Gasteiger charge is 2.23. The monoisotopic (exact) mass is 250 g/mol. The highest BCUT2D eigenvalue weighted by Crippen LogP contribution is 2.10. The number of nitrogens with zero attached hydrogens (tertiary/aromatic N) is 2. The van der Waals surface area contributed by atoms with E-state index < -0.39 is 5.97 Å². The molecule has 0 aromatic rings. The highest BCUT2D eigenvalue weighted by atomic mass is 16.4. The van der Waals surface area contributed by atoms with E-state index in [9.17, 15) is 9.59 Å². The van der Waals surface area contributed by atoms with Crippen molar-refractivity contribution in [3.63, 3.8) is 0 Å². The number of terminal acetylenes is 1. The van der Waals surface area contributed by atoms with Gasteiger partial charge in [0.05, 0.1) is 6.54 Å². The van der Waals surface area contributed by atoms with Gasteiger partial charge in [0.25, 0.3) is 0 Å². The van der Waals surface area contributed by atoms with E-state index in [1.54, 1.807) is 11.8 Å². The molecule has 18 heavy (non-hydrogen) atoms. The zero-order valence-corrected chi connectivity index (χ0v) is 10.8. The average Bonchev–Trinajstić information content (AvgIpc) is 2.37. The molecule has 1 saturated heterocycles. The van der Waals surface area contributed by atoms with Crippen LogP contribution in [0.2, 0.25) is 0 Å². The lowest BCUT2D eigenvalue weighted by molar-refractivity contribution is -0.134. The summed E-state index contributed by atoms with van der Waals surface area (Å²) in [5.41, 5.74) is 0.402. The van der Waals surface area contributed by atoms with E-state index in [1.165, 1.54) is 6.92 Å². The Morgan fingerprint density at radius 1 is 1.17 bits per heavy atom. The Bertz CT molecular complexity index is 412. The van der Waals surface area contributed by atoms with Gasteiger partial charge in [-0.15, -0.1) is 6.42 Å². The van der Waals surface area contributed by atoms with Gasteiger partial charge in [-0.05, 0) is 13.8 Å². The van der Waals surface area contributed by atoms with E-state index in [2.05, 4.69) is 10.8 Å². The van der Waals surface area contributed by atoms with Crippen molar-refractivity contribution in [1.29, 1.82) is 0 Å². The number of aliphatic carboxylic acids is 1. The molecule has 1 aliphatic rings. The molecule has 0 unspecified atom stereocenters. The summed E-state index contributed by atoms with van der Waals surface area (Å²) < 4.78 is 0. The summed E-state index contributed by atoms with van der Waals surface area (Å²) in [6.45, 7) is 6.23. The third kappa shape index (κ3) is 3.34. The maximum Gasteiger partial charge on any atom is 0.331 e. The van der Waals surface area contributed by atoms with E-state index in [4.69, 9.17) is 11.5 Å². The van der Waals surface area contributed by atoms with E-state index in [0.29, 0.717) is 25.2 Å². The average molecular weight is 250 g/mol. The van der Waals surface area contributed by atoms with Crippen molar-refractivity contribution in [2.45, 2.75) is 13.8 Å². The fourth-order valence-corrected chi connectivity index (χ4v) is 1.80. The topological polar surface area (TPSA) is 60.9 Å². The van der Waals surface area contributed by atoms with Gasteiger partial charge >= 0.3 is 5.97 Å². The number of hydrogen-bond donors (Lipinski definition) is 1. The van der Waals surface area contributed by atoms with Crippen molar-refractivity contribution in [3.8, 4) is 12.3 Å². The maximum atomic E-state index is 12.1. The molecule has 0 aromatic carbocycles. The first-order chi connectivity index (χ1) is 8.47. The Hall–Kier alpha value is -1.80. The number of carbonyl (C=O) groups is 2. The minimum Gasteiger partial charge on any atom is -0.478 e. The maximum absolute atomic E-state index is 12.1. The Morgan fingerprint density at radius 3 is 2.17 bits per heavy atom. The second-order valence-electron chi connectivity index (χ2n) is 4.33. The number of piperazine rings is 1. The van der Waals surface area contributed by atoms with Gasteiger partial charge in [-0.25, -0.2) is 4.79 Å². The van der Waals surface area contributed by atoms with Crippen LogP contribution in [0.15, 0.2) is 11.1 Å². The van der Waals surface area contributed by atoms with Crippen LogP contribution in [0.3, 0.4) is 0 Å². The molecule has 0 spiro atoms. The van der Waals surface area contributed by atoms with Gasteiger partial charge in [-0.2, -0.15) is 0 Å². The first-order valence-electron chi connectivity index (χ1n) is 5.83. The van der Waals surface area contributed by atoms with Gasteiger partial charge in [-0.1, -0.05) is 5.92 Å². The van der Waals surface area contributed by atoms with Gasteiger partial charge in [0, 0.05) is 37.3 Å². The van der Waals surface area contributed by atoms with Gasteiger partial charge in [0.15, 0.2) is 0 Å². The summed E-state index contributed by atoms with van der Waals surface area (Å²) in [6.07, 6.45) is 5.23. The summed E-state index contributed by atoms with van der Waals surface area (Å²) in [5, 5.41) is 8.85. The van der Waals surface area contributed by atoms with Crippen LogP contribution < -0.4 is 0 Å². The lowest BCUT2D eigenvalue weighted by Gasteiger charge is -2.34. The molecule has 0 atom stereocenters. The minimum atomic E-state index is -1.05. The number of carbonyl (C=O) groups excluding carboxylic acids is 1. The molecule has 1 fully saturated rings. The van der Waals surface area contributed by atoms with Gasteiger partial charge < -0.3 is 10.0 Å². The molecule has 1 heterocycles. The first kappa shape index (κ1) is 14.3. The summed E-state index contributed by atoms with van der Waals surface area (Å²) in [6, 6.07) is 0. The number of carboxylic acids is 1. The largest absolute Gasteiger partial charge is 0.478 e. The lowest BCUT2D eigenvalue weighted by Crippen LogP contribution is -2.49. The second-order valence-corrected chi connectivity index (χ2v) is 4.33. The van der Waals surface area contributed by atoms with Gasteiger partial charge in [0.1, 0.15) is 0 Å². The smallest absolute Gasteiger partial charge is 0.331 e. The molecule has 1 amide bonds. The molecule has 98 valence electrons. The van der Waals surface area contributed by atoms with Crippen LogP contribution in [0.5, 0.6) is 0 Å². The zero-order valence-electron chi connectivity index (χ0n) is 10.8. The first-order valence-corrected chi connectivity index (χ1v) is 5.83. The summed E-state index contributed by atoms with van der Waals surface area (Å²) in [4.78, 5) is 26.6. The van der Waals surface area contributed by atoms with Crippen molar-refractivity contribution < 1.29 is 14.7 Å². The molecule has 1 N–H and O–H groups in total. The zero-order chi connectivity index (χ0) is 13.7. The highest BCUT2D eigenvalue weighted by molar-refractivity contribution is 6.01. The van der Waals surface area contributed by atoms with Crippen LogP contribution in [-0.4, -0.2) is 59.5 Å². The molecule has 0 radical (unpaired) electrons. The Morgan fingerprint density at radius 2 is 1.72 bits per heavy atom. The molecule has 0 aromatic heterocycles. The van der Waals surface area contributed by atoms with Crippen molar-refractivity contribution in [2.75, 3.05) is 32.7 Å². The van der Waals surface area contributed by atoms with Crippen molar-refractivity contribution in [1.82, 2.24) is 9.80 Å². The lowest BCUT2D eigenvalue weighted by atomic mass is 10.1. The standard InChI is InChI=1S/C13H18N2O3/c1-4-5-14-6-8-15(9-7-14)12(16)10(2)11(3)13(17)18/h1H,5-9H2,2-3H3,(H,17,18). The predicted molar refractivity (Wildman–Crippen MR) is 67.9 cm³/mol. The number of hydrogen-bond acceptors (Lipinski definition) is 3. The Labute approximate surface area is 107 Å². The number of rotatable bonds is 3. The molecule has 5 nitrogen and oxygen atoms in total. The van der Waals surface area contributed by atoms with Gasteiger partial charge in [0.2, 0.25) is 5.91 Å². The van der Waals surface area contributed by atoms with Crippen LogP contribution in [0.25, 0.3) is 0 Å². The fraction of sp³-hybridized carbons (Fsp3) is 0.538. The predicted octanol–water partition coefficient (Wildman–Crippen LogP) is 0.185. The van der Waals surface area contributed by atoms with Crippen molar-refractivity contribution >= 4 is 11.9 Å². The molecule has 0 aliphatic carbocycles. The molecule has 1 aliphatic heterocycles. The summed E-state index contributed by atoms with van der Waals surface area (Å²) in [5.74, 6) is 1.32. The molecular weight excluding hydrogens is 232 g/mol. The van der Waals surface area contributed by atoms with Crippen molar-refractivity contribution in [3.05, 3.63) is 11.1 Å². The molecule has 0 bridgehead atoms. The van der Waals surface area contributed by atoms with Crippen LogP contribution in [0.4, 0.5) is 0 Å². The third-order valence-electron chi connectivity index (χ3n) is 3.18. The van der Waals surface area contributed by atoms with E-state index >= 15 is 0 Å². The number of amides is 1. The van der Waals surface area contributed by atoms with E-state index in [0.717, 1.165) is 13.1 Å². The minimum absolute atomic E-state index is 0.103. The molecule has 0 saturated carbocycles. The Balaban J connectivity index is 2.64. The van der Waals surface area contributed by atoms with E-state index in [1.807, 2.05) is 0 Å². The van der Waals surface area contributed by atoms with Crippen LogP contribution in [0.1, 0.15) is 13.8 Å². The molecular formula is C13H18N2O3.